The molecule has 0 heterocycles. The molecule has 4 nitrogen and oxygen atoms in total. The van der Waals surface area contributed by atoms with E-state index in [1.165, 1.54) is 81.8 Å². The summed E-state index contributed by atoms with van der Waals surface area (Å²) in [5, 5.41) is 0. The molecule has 224 valence electrons. The highest BCUT2D eigenvalue weighted by atomic mass is 16.7. The maximum absolute atomic E-state index is 13.1. The predicted octanol–water partition coefficient (Wildman–Crippen LogP) is 9.50. The molecule has 2 rings (SSSR count). The molecule has 0 fully saturated rings. The first kappa shape index (κ1) is 33.9. The second-order valence-corrected chi connectivity index (χ2v) is 12.3. The van der Waals surface area contributed by atoms with Gasteiger partial charge in [0.25, 0.3) is 0 Å². The van der Waals surface area contributed by atoms with Crippen molar-refractivity contribution >= 4 is 5.97 Å². The Morgan fingerprint density at radius 1 is 0.750 bits per heavy atom. The summed E-state index contributed by atoms with van der Waals surface area (Å²) in [5.41, 5.74) is 2.49. The fraction of sp³-hybridized carbons (Fsp3) is 0.639. The van der Waals surface area contributed by atoms with Crippen molar-refractivity contribution in [3.8, 4) is 5.75 Å². The van der Waals surface area contributed by atoms with Crippen molar-refractivity contribution in [2.24, 2.45) is 5.92 Å². The van der Waals surface area contributed by atoms with Crippen molar-refractivity contribution in [1.29, 1.82) is 0 Å². The van der Waals surface area contributed by atoms with Gasteiger partial charge in [-0.05, 0) is 37.8 Å². The van der Waals surface area contributed by atoms with Gasteiger partial charge in [0.1, 0.15) is 18.2 Å². The van der Waals surface area contributed by atoms with Crippen LogP contribution in [0.3, 0.4) is 0 Å². The number of hydrogen-bond acceptors (Lipinski definition) is 3. The number of hydrogen-bond donors (Lipinski definition) is 0. The summed E-state index contributed by atoms with van der Waals surface area (Å²) in [7, 11) is 4.34. The molecule has 0 aromatic heterocycles. The van der Waals surface area contributed by atoms with Crippen LogP contribution in [0.1, 0.15) is 115 Å². The molecule has 4 heteroatoms. The summed E-state index contributed by atoms with van der Waals surface area (Å²) in [4.78, 5) is 13.1. The molecule has 0 aliphatic carbocycles. The first-order chi connectivity index (χ1) is 19.3. The van der Waals surface area contributed by atoms with Gasteiger partial charge in [0.2, 0.25) is 6.29 Å². The van der Waals surface area contributed by atoms with Crippen LogP contribution in [0.15, 0.2) is 54.6 Å². The standard InChI is InChI=1S/C36H58NO3/c1-6-8-9-10-11-12-13-14-15-16-20-26-33-27-21-22-28-34(33)39-35(23-7-2)40-36(38)31(3)29-37(4,5)30-32-24-18-17-19-25-32/h17-19,21-22,24-25,27-28,31,35H,6-16,20,23,26,29-30H2,1-5H3/q+1. The highest BCUT2D eigenvalue weighted by Crippen LogP contribution is 2.24. The van der Waals surface area contributed by atoms with Crippen LogP contribution in [-0.2, 0) is 22.5 Å². The zero-order valence-corrected chi connectivity index (χ0v) is 26.3. The predicted molar refractivity (Wildman–Crippen MR) is 168 cm³/mol. The van der Waals surface area contributed by atoms with Crippen molar-refractivity contribution in [1.82, 2.24) is 0 Å². The molecule has 2 atom stereocenters. The summed E-state index contributed by atoms with van der Waals surface area (Å²) in [5.74, 6) is 0.461. The molecule has 0 aliphatic heterocycles. The van der Waals surface area contributed by atoms with Crippen LogP contribution in [0.5, 0.6) is 5.75 Å². The van der Waals surface area contributed by atoms with E-state index in [-0.39, 0.29) is 11.9 Å². The summed E-state index contributed by atoms with van der Waals surface area (Å²) < 4.78 is 13.0. The molecular formula is C36H58NO3+. The average molecular weight is 553 g/mol. The SMILES string of the molecule is CCCCCCCCCCCCCc1ccccc1OC(CCC)OC(=O)C(C)C[N+](C)(C)Cc1ccccc1. The largest absolute Gasteiger partial charge is 0.455 e. The number of nitrogens with zero attached hydrogens (tertiary/aromatic N) is 1. The normalized spacial score (nSPS) is 13.1. The number of ether oxygens (including phenoxy) is 2. The second kappa shape index (κ2) is 19.7. The zero-order valence-electron chi connectivity index (χ0n) is 26.3. The number of rotatable bonds is 22. The van der Waals surface area contributed by atoms with E-state index in [0.29, 0.717) is 13.0 Å². The Morgan fingerprint density at radius 2 is 1.32 bits per heavy atom. The van der Waals surface area contributed by atoms with Gasteiger partial charge in [0.15, 0.2) is 0 Å². The number of para-hydroxylation sites is 1. The molecule has 0 amide bonds. The summed E-state index contributed by atoms with van der Waals surface area (Å²) in [6, 6.07) is 18.7. The third-order valence-electron chi connectivity index (χ3n) is 7.68. The highest BCUT2D eigenvalue weighted by Gasteiger charge is 2.28. The lowest BCUT2D eigenvalue weighted by molar-refractivity contribution is -0.905. The molecule has 0 aliphatic rings. The lowest BCUT2D eigenvalue weighted by Gasteiger charge is -2.32. The number of carbonyl (C=O) groups excluding carboxylic acids is 1. The quantitative estimate of drug-likeness (QED) is 0.0631. The number of esters is 1. The number of aryl methyl sites for hydroxylation is 1. The summed E-state index contributed by atoms with van der Waals surface area (Å²) >= 11 is 0. The van der Waals surface area contributed by atoms with Gasteiger partial charge in [-0.1, -0.05) is 127 Å². The first-order valence-electron chi connectivity index (χ1n) is 16.2. The Kier molecular flexibility index (Phi) is 16.7. The van der Waals surface area contributed by atoms with Gasteiger partial charge in [-0.25, -0.2) is 0 Å². The van der Waals surface area contributed by atoms with E-state index in [0.717, 1.165) is 29.6 Å². The van der Waals surface area contributed by atoms with E-state index in [1.54, 1.807) is 0 Å². The Labute approximate surface area is 246 Å². The average Bonchev–Trinajstić information content (AvgIpc) is 2.92. The molecule has 0 saturated carbocycles. The molecular weight excluding hydrogens is 494 g/mol. The van der Waals surface area contributed by atoms with Gasteiger partial charge in [-0.15, -0.1) is 0 Å². The van der Waals surface area contributed by atoms with Crippen LogP contribution < -0.4 is 4.74 Å². The third kappa shape index (κ3) is 14.3. The molecule has 2 aromatic carbocycles. The molecule has 2 aromatic rings. The fourth-order valence-electron chi connectivity index (χ4n) is 5.53. The van der Waals surface area contributed by atoms with Gasteiger partial charge in [0, 0.05) is 12.0 Å². The Balaban J connectivity index is 1.79. The summed E-state index contributed by atoms with van der Waals surface area (Å²) in [6.45, 7) is 7.93. The van der Waals surface area contributed by atoms with E-state index in [2.05, 4.69) is 64.3 Å². The fourth-order valence-corrected chi connectivity index (χ4v) is 5.53. The minimum atomic E-state index is -0.553. The molecule has 0 spiro atoms. The number of quaternary nitrogens is 1. The molecule has 0 radical (unpaired) electrons. The molecule has 0 saturated heterocycles. The van der Waals surface area contributed by atoms with Crippen LogP contribution in [0.25, 0.3) is 0 Å². The molecule has 2 unspecified atom stereocenters. The van der Waals surface area contributed by atoms with Crippen molar-refractivity contribution < 1.29 is 18.8 Å². The topological polar surface area (TPSA) is 35.5 Å². The zero-order chi connectivity index (χ0) is 29.1. The molecule has 0 N–H and O–H groups in total. The smallest absolute Gasteiger partial charge is 0.317 e. The van der Waals surface area contributed by atoms with Crippen LogP contribution in [0.4, 0.5) is 0 Å². The number of unbranched alkanes of at least 4 members (excludes halogenated alkanes) is 10. The minimum Gasteiger partial charge on any atom is -0.455 e. The van der Waals surface area contributed by atoms with Crippen LogP contribution in [-0.4, -0.2) is 37.4 Å². The lowest BCUT2D eigenvalue weighted by Crippen LogP contribution is -2.44. The van der Waals surface area contributed by atoms with Gasteiger partial charge in [-0.3, -0.25) is 4.79 Å². The van der Waals surface area contributed by atoms with E-state index in [1.807, 2.05) is 25.1 Å². The Morgan fingerprint density at radius 3 is 1.95 bits per heavy atom. The van der Waals surface area contributed by atoms with Gasteiger partial charge < -0.3 is 14.0 Å². The van der Waals surface area contributed by atoms with Crippen molar-refractivity contribution in [2.45, 2.75) is 123 Å². The number of benzene rings is 2. The van der Waals surface area contributed by atoms with Gasteiger partial charge >= 0.3 is 5.97 Å². The number of carbonyl (C=O) groups is 1. The third-order valence-corrected chi connectivity index (χ3v) is 7.68. The van der Waals surface area contributed by atoms with Crippen molar-refractivity contribution in [2.75, 3.05) is 20.6 Å². The van der Waals surface area contributed by atoms with E-state index < -0.39 is 6.29 Å². The Hall–Kier alpha value is -2.33. The monoisotopic (exact) mass is 552 g/mol. The van der Waals surface area contributed by atoms with Crippen LogP contribution >= 0.6 is 0 Å². The molecule has 40 heavy (non-hydrogen) atoms. The van der Waals surface area contributed by atoms with E-state index in [4.69, 9.17) is 9.47 Å². The lowest BCUT2D eigenvalue weighted by atomic mass is 10.0. The van der Waals surface area contributed by atoms with Crippen LogP contribution in [0, 0.1) is 5.92 Å². The molecule has 0 bridgehead atoms. The minimum absolute atomic E-state index is 0.180. The van der Waals surface area contributed by atoms with Crippen molar-refractivity contribution in [3.05, 3.63) is 65.7 Å². The maximum atomic E-state index is 13.1. The Bertz CT molecular complexity index is 927. The summed E-state index contributed by atoms with van der Waals surface area (Å²) in [6.07, 6.45) is 16.8. The van der Waals surface area contributed by atoms with Gasteiger partial charge in [0.05, 0.1) is 20.6 Å². The van der Waals surface area contributed by atoms with Crippen molar-refractivity contribution in [3.63, 3.8) is 0 Å². The maximum Gasteiger partial charge on any atom is 0.317 e. The highest BCUT2D eigenvalue weighted by molar-refractivity contribution is 5.72. The van der Waals surface area contributed by atoms with Crippen LogP contribution in [0.2, 0.25) is 0 Å². The van der Waals surface area contributed by atoms with E-state index in [9.17, 15) is 4.79 Å². The van der Waals surface area contributed by atoms with Gasteiger partial charge in [-0.2, -0.15) is 0 Å². The second-order valence-electron chi connectivity index (χ2n) is 12.3. The van der Waals surface area contributed by atoms with E-state index >= 15 is 0 Å². The first-order valence-corrected chi connectivity index (χ1v) is 16.2.